The van der Waals surface area contributed by atoms with Crippen LogP contribution in [-0.4, -0.2) is 16.9 Å². The van der Waals surface area contributed by atoms with E-state index in [9.17, 15) is 14.0 Å². The molecule has 31 heavy (non-hydrogen) atoms. The van der Waals surface area contributed by atoms with Gasteiger partial charge in [0.25, 0.3) is 0 Å². The van der Waals surface area contributed by atoms with Gasteiger partial charge in [-0.25, -0.2) is 14.2 Å². The summed E-state index contributed by atoms with van der Waals surface area (Å²) in [6, 6.07) is 11.7. The average molecular weight is 475 g/mol. The first kappa shape index (κ1) is 21.4. The Balaban J connectivity index is 1.51. The van der Waals surface area contributed by atoms with Crippen LogP contribution >= 0.6 is 34.3 Å². The zero-order chi connectivity index (χ0) is 22.1. The van der Waals surface area contributed by atoms with Gasteiger partial charge in [-0.15, -0.1) is 22.7 Å². The third-order valence-corrected chi connectivity index (χ3v) is 6.95. The lowest BCUT2D eigenvalue weighted by molar-refractivity contribution is -0.115. The molecule has 9 heteroatoms. The van der Waals surface area contributed by atoms with Crippen molar-refractivity contribution in [1.29, 1.82) is 0 Å². The SMILES string of the molecule is CC(=O)N(c1cccc(C)c1)c1nc(COC(=O)c2sc3cc(F)ccc3c2Cl)cs1. The predicted octanol–water partition coefficient (Wildman–Crippen LogP) is 6.50. The Bertz CT molecular complexity index is 1300. The number of halogens is 2. The predicted molar refractivity (Wildman–Crippen MR) is 122 cm³/mol. The van der Waals surface area contributed by atoms with Crippen molar-refractivity contribution >= 4 is 67.1 Å². The highest BCUT2D eigenvalue weighted by Gasteiger charge is 2.21. The van der Waals surface area contributed by atoms with E-state index in [0.29, 0.717) is 20.9 Å². The molecule has 2 aromatic carbocycles. The van der Waals surface area contributed by atoms with Crippen LogP contribution in [0.1, 0.15) is 27.9 Å². The smallest absolute Gasteiger partial charge is 0.350 e. The Morgan fingerprint density at radius 2 is 2.03 bits per heavy atom. The van der Waals surface area contributed by atoms with Crippen LogP contribution in [0.25, 0.3) is 10.1 Å². The standard InChI is InChI=1S/C22H16ClFN2O3S2/c1-12-4-3-5-16(8-12)26(13(2)27)22-25-15(11-30-22)10-29-21(28)20-19(23)17-7-6-14(24)9-18(17)31-20/h3-9,11H,10H2,1-2H3. The highest BCUT2D eigenvalue weighted by Crippen LogP contribution is 2.36. The molecule has 4 aromatic rings. The van der Waals surface area contributed by atoms with E-state index in [1.54, 1.807) is 5.38 Å². The second-order valence-corrected chi connectivity index (χ2v) is 9.04. The van der Waals surface area contributed by atoms with Gasteiger partial charge in [-0.2, -0.15) is 0 Å². The van der Waals surface area contributed by atoms with Crippen molar-refractivity contribution < 1.29 is 18.7 Å². The van der Waals surface area contributed by atoms with Crippen LogP contribution < -0.4 is 4.90 Å². The molecule has 0 spiro atoms. The van der Waals surface area contributed by atoms with Crippen LogP contribution in [0.4, 0.5) is 15.2 Å². The Hall–Kier alpha value is -2.81. The van der Waals surface area contributed by atoms with Crippen molar-refractivity contribution in [3.8, 4) is 0 Å². The first-order valence-electron chi connectivity index (χ1n) is 9.20. The van der Waals surface area contributed by atoms with Crippen molar-refractivity contribution in [2.75, 3.05) is 4.90 Å². The molecule has 158 valence electrons. The molecular weight excluding hydrogens is 459 g/mol. The number of thiophene rings is 1. The van der Waals surface area contributed by atoms with Gasteiger partial charge in [0.05, 0.1) is 16.4 Å². The van der Waals surface area contributed by atoms with Gasteiger partial charge in [0, 0.05) is 22.4 Å². The number of esters is 1. The molecule has 0 fully saturated rings. The van der Waals surface area contributed by atoms with Gasteiger partial charge < -0.3 is 4.74 Å². The number of nitrogens with zero attached hydrogens (tertiary/aromatic N) is 2. The number of hydrogen-bond donors (Lipinski definition) is 0. The summed E-state index contributed by atoms with van der Waals surface area (Å²) in [7, 11) is 0. The molecule has 2 aromatic heterocycles. The lowest BCUT2D eigenvalue weighted by Gasteiger charge is -2.18. The van der Waals surface area contributed by atoms with Crippen LogP contribution in [0.3, 0.4) is 0 Å². The summed E-state index contributed by atoms with van der Waals surface area (Å²) in [4.78, 5) is 30.9. The summed E-state index contributed by atoms with van der Waals surface area (Å²) >= 11 is 8.63. The zero-order valence-electron chi connectivity index (χ0n) is 16.5. The number of hydrogen-bond acceptors (Lipinski definition) is 6. The van der Waals surface area contributed by atoms with E-state index in [-0.39, 0.29) is 22.4 Å². The number of benzene rings is 2. The van der Waals surface area contributed by atoms with Crippen LogP contribution in [0.2, 0.25) is 5.02 Å². The lowest BCUT2D eigenvalue weighted by atomic mass is 10.2. The summed E-state index contributed by atoms with van der Waals surface area (Å²) in [5.74, 6) is -1.18. The maximum absolute atomic E-state index is 13.4. The number of amides is 1. The summed E-state index contributed by atoms with van der Waals surface area (Å²) < 4.78 is 19.4. The topological polar surface area (TPSA) is 59.5 Å². The third kappa shape index (κ3) is 4.46. The van der Waals surface area contributed by atoms with Crippen LogP contribution in [0.15, 0.2) is 47.8 Å². The number of aromatic nitrogens is 1. The van der Waals surface area contributed by atoms with Gasteiger partial charge in [0.1, 0.15) is 17.3 Å². The highest BCUT2D eigenvalue weighted by atomic mass is 35.5. The monoisotopic (exact) mass is 474 g/mol. The van der Waals surface area contributed by atoms with Gasteiger partial charge in [-0.1, -0.05) is 23.7 Å². The summed E-state index contributed by atoms with van der Waals surface area (Å²) in [6.07, 6.45) is 0. The van der Waals surface area contributed by atoms with Crippen LogP contribution in [0, 0.1) is 12.7 Å². The van der Waals surface area contributed by atoms with E-state index in [4.69, 9.17) is 16.3 Å². The van der Waals surface area contributed by atoms with E-state index in [1.807, 2.05) is 31.2 Å². The Morgan fingerprint density at radius 3 is 2.77 bits per heavy atom. The fraction of sp³-hybridized carbons (Fsp3) is 0.136. The number of carbonyl (C=O) groups excluding carboxylic acids is 2. The van der Waals surface area contributed by atoms with E-state index in [0.717, 1.165) is 22.6 Å². The largest absolute Gasteiger partial charge is 0.455 e. The molecule has 0 N–H and O–H groups in total. The van der Waals surface area contributed by atoms with E-state index in [2.05, 4.69) is 4.98 Å². The number of fused-ring (bicyclic) bond motifs is 1. The van der Waals surface area contributed by atoms with Crippen LogP contribution in [0.5, 0.6) is 0 Å². The van der Waals surface area contributed by atoms with Gasteiger partial charge in [-0.05, 0) is 42.8 Å². The maximum atomic E-state index is 13.4. The average Bonchev–Trinajstić information content (AvgIpc) is 3.30. The van der Waals surface area contributed by atoms with Crippen molar-refractivity contribution in [2.24, 2.45) is 0 Å². The molecule has 0 saturated heterocycles. The van der Waals surface area contributed by atoms with Crippen molar-refractivity contribution in [2.45, 2.75) is 20.5 Å². The minimum atomic E-state index is -0.608. The second-order valence-electron chi connectivity index (χ2n) is 6.78. The van der Waals surface area contributed by atoms with E-state index in [1.165, 1.54) is 41.4 Å². The Kier molecular flexibility index (Phi) is 6.04. The molecule has 0 aliphatic heterocycles. The maximum Gasteiger partial charge on any atom is 0.350 e. The van der Waals surface area contributed by atoms with Crippen molar-refractivity contribution in [3.63, 3.8) is 0 Å². The third-order valence-electron chi connectivity index (χ3n) is 4.43. The molecule has 0 unspecified atom stereocenters. The Morgan fingerprint density at radius 1 is 1.23 bits per heavy atom. The molecule has 0 radical (unpaired) electrons. The van der Waals surface area contributed by atoms with Gasteiger partial charge in [-0.3, -0.25) is 9.69 Å². The number of rotatable bonds is 5. The second kappa shape index (κ2) is 8.74. The number of carbonyl (C=O) groups is 2. The lowest BCUT2D eigenvalue weighted by Crippen LogP contribution is -2.22. The van der Waals surface area contributed by atoms with Gasteiger partial charge in [0.2, 0.25) is 5.91 Å². The van der Waals surface area contributed by atoms with E-state index < -0.39 is 11.8 Å². The first-order chi connectivity index (χ1) is 14.8. The normalized spacial score (nSPS) is 11.0. The number of anilines is 2. The van der Waals surface area contributed by atoms with Crippen molar-refractivity contribution in [3.05, 3.63) is 74.8 Å². The molecule has 0 aliphatic carbocycles. The minimum Gasteiger partial charge on any atom is -0.455 e. The number of aryl methyl sites for hydroxylation is 1. The quantitative estimate of drug-likeness (QED) is 0.310. The molecule has 0 bridgehead atoms. The molecular formula is C22H16ClFN2O3S2. The molecule has 0 aliphatic rings. The Labute approximate surface area is 190 Å². The zero-order valence-corrected chi connectivity index (χ0v) is 18.9. The van der Waals surface area contributed by atoms with Gasteiger partial charge >= 0.3 is 5.97 Å². The molecule has 2 heterocycles. The number of thiazole rings is 1. The van der Waals surface area contributed by atoms with Crippen molar-refractivity contribution in [1.82, 2.24) is 4.98 Å². The number of ether oxygens (including phenoxy) is 1. The molecule has 4 rings (SSSR count). The summed E-state index contributed by atoms with van der Waals surface area (Å²) in [5.41, 5.74) is 2.25. The summed E-state index contributed by atoms with van der Waals surface area (Å²) in [6.45, 7) is 3.34. The minimum absolute atomic E-state index is 0.0756. The highest BCUT2D eigenvalue weighted by molar-refractivity contribution is 7.21. The van der Waals surface area contributed by atoms with Crippen LogP contribution in [-0.2, 0) is 16.1 Å². The molecule has 0 saturated carbocycles. The fourth-order valence-electron chi connectivity index (χ4n) is 3.03. The van der Waals surface area contributed by atoms with E-state index >= 15 is 0 Å². The molecule has 1 amide bonds. The first-order valence-corrected chi connectivity index (χ1v) is 11.3. The fourth-order valence-corrected chi connectivity index (χ4v) is 5.33. The molecule has 0 atom stereocenters. The summed E-state index contributed by atoms with van der Waals surface area (Å²) in [5, 5.41) is 3.06. The van der Waals surface area contributed by atoms with Gasteiger partial charge in [0.15, 0.2) is 5.13 Å². The molecule has 5 nitrogen and oxygen atoms in total.